The molecule has 6 heteroatoms. The maximum atomic E-state index is 11.8. The van der Waals surface area contributed by atoms with Gasteiger partial charge in [-0.1, -0.05) is 5.92 Å². The smallest absolute Gasteiger partial charge is 0.261 e. The van der Waals surface area contributed by atoms with E-state index < -0.39 is 14.6 Å². The summed E-state index contributed by atoms with van der Waals surface area (Å²) in [5.74, 6) is 2.05. The minimum Gasteiger partial charge on any atom is -0.336 e. The number of terminal acetylenes is 1. The van der Waals surface area contributed by atoms with Crippen LogP contribution in [-0.4, -0.2) is 19.9 Å². The summed E-state index contributed by atoms with van der Waals surface area (Å²) in [5, 5.41) is 2.62. The van der Waals surface area contributed by atoms with Crippen molar-refractivity contribution in [1.29, 1.82) is 0 Å². The van der Waals surface area contributed by atoms with Gasteiger partial charge in [0.25, 0.3) is 15.0 Å². The number of hydrogen-bond donors (Lipinski definition) is 1. The topological polar surface area (TPSA) is 63.2 Å². The minimum absolute atomic E-state index is 0.0584. The lowest BCUT2D eigenvalue weighted by Crippen LogP contribution is -2.42. The zero-order valence-electron chi connectivity index (χ0n) is 9.90. The predicted molar refractivity (Wildman–Crippen MR) is 69.9 cm³/mol. The Hall–Kier alpha value is -1.51. The first-order chi connectivity index (χ1) is 8.15. The lowest BCUT2D eigenvalue weighted by Gasteiger charge is -2.19. The normalized spacial score (nSPS) is 11.7. The van der Waals surface area contributed by atoms with E-state index in [1.54, 1.807) is 13.8 Å². The highest BCUT2D eigenvalue weighted by atomic mass is 35.7. The molecule has 0 aliphatic heterocycles. The number of halogens is 1. The largest absolute Gasteiger partial charge is 0.336 e. The molecule has 0 radical (unpaired) electrons. The molecule has 1 N–H and O–H groups in total. The maximum absolute atomic E-state index is 11.8. The molecule has 0 saturated heterocycles. The highest BCUT2D eigenvalue weighted by molar-refractivity contribution is 8.13. The third-order valence-corrected chi connectivity index (χ3v) is 3.55. The van der Waals surface area contributed by atoms with E-state index in [0.29, 0.717) is 5.56 Å². The van der Waals surface area contributed by atoms with Crippen LogP contribution in [0, 0.1) is 12.3 Å². The molecule has 0 fully saturated rings. The molecule has 0 spiro atoms. The van der Waals surface area contributed by atoms with Crippen LogP contribution in [-0.2, 0) is 9.05 Å². The van der Waals surface area contributed by atoms with Crippen molar-refractivity contribution in [3.05, 3.63) is 29.8 Å². The number of carbonyl (C=O) groups excluding carboxylic acids is 1. The van der Waals surface area contributed by atoms with Crippen molar-refractivity contribution in [3.63, 3.8) is 0 Å². The maximum Gasteiger partial charge on any atom is 0.261 e. The third-order valence-electron chi connectivity index (χ3n) is 2.18. The Bertz CT molecular complexity index is 597. The van der Waals surface area contributed by atoms with E-state index in [1.807, 2.05) is 0 Å². The molecule has 0 aromatic heterocycles. The van der Waals surface area contributed by atoms with Gasteiger partial charge in [-0.15, -0.1) is 6.42 Å². The van der Waals surface area contributed by atoms with Crippen molar-refractivity contribution in [2.24, 2.45) is 0 Å². The lowest BCUT2D eigenvalue weighted by atomic mass is 10.1. The van der Waals surface area contributed by atoms with Gasteiger partial charge in [0.1, 0.15) is 0 Å². The Labute approximate surface area is 111 Å². The first-order valence-electron chi connectivity index (χ1n) is 5.01. The monoisotopic (exact) mass is 285 g/mol. The number of rotatable bonds is 3. The average Bonchev–Trinajstić information content (AvgIpc) is 2.27. The molecule has 0 unspecified atom stereocenters. The zero-order valence-corrected chi connectivity index (χ0v) is 11.5. The molecule has 18 heavy (non-hydrogen) atoms. The molecule has 0 atom stereocenters. The van der Waals surface area contributed by atoms with E-state index >= 15 is 0 Å². The predicted octanol–water partition coefficient (Wildman–Crippen LogP) is 1.76. The quantitative estimate of drug-likeness (QED) is 0.680. The highest BCUT2D eigenvalue weighted by Gasteiger charge is 2.18. The first kappa shape index (κ1) is 14.6. The summed E-state index contributed by atoms with van der Waals surface area (Å²) in [6, 6.07) is 5.27. The van der Waals surface area contributed by atoms with Gasteiger partial charge in [0.2, 0.25) is 0 Å². The second kappa shape index (κ2) is 5.01. The van der Waals surface area contributed by atoms with Gasteiger partial charge in [-0.25, -0.2) is 8.42 Å². The molecular weight excluding hydrogens is 274 g/mol. The molecular formula is C12H12ClNO3S. The molecule has 1 rings (SSSR count). The average molecular weight is 286 g/mol. The van der Waals surface area contributed by atoms with E-state index in [-0.39, 0.29) is 10.8 Å². The van der Waals surface area contributed by atoms with E-state index in [0.717, 1.165) is 0 Å². The van der Waals surface area contributed by atoms with Crippen LogP contribution >= 0.6 is 10.7 Å². The summed E-state index contributed by atoms with van der Waals surface area (Å²) in [5.41, 5.74) is -0.462. The van der Waals surface area contributed by atoms with Crippen LogP contribution < -0.4 is 5.32 Å². The fourth-order valence-electron chi connectivity index (χ4n) is 1.16. The van der Waals surface area contributed by atoms with Crippen molar-refractivity contribution in [1.82, 2.24) is 5.32 Å². The highest BCUT2D eigenvalue weighted by Crippen LogP contribution is 2.15. The number of benzene rings is 1. The zero-order chi connectivity index (χ0) is 14.0. The van der Waals surface area contributed by atoms with Crippen molar-refractivity contribution in [2.45, 2.75) is 24.3 Å². The minimum atomic E-state index is -3.78. The molecule has 0 bridgehead atoms. The van der Waals surface area contributed by atoms with Crippen molar-refractivity contribution in [3.8, 4) is 12.3 Å². The van der Waals surface area contributed by atoms with Gasteiger partial charge in [-0.3, -0.25) is 4.79 Å². The van der Waals surface area contributed by atoms with Crippen molar-refractivity contribution in [2.75, 3.05) is 0 Å². The summed E-state index contributed by atoms with van der Waals surface area (Å²) in [6.07, 6.45) is 5.25. The molecule has 0 aliphatic rings. The Morgan fingerprint density at radius 1 is 1.33 bits per heavy atom. The van der Waals surface area contributed by atoms with Crippen LogP contribution in [0.25, 0.3) is 0 Å². The van der Waals surface area contributed by atoms with Crippen molar-refractivity contribution >= 4 is 25.6 Å². The Kier molecular flexibility index (Phi) is 4.05. The molecule has 0 aliphatic carbocycles. The van der Waals surface area contributed by atoms with E-state index in [1.165, 1.54) is 24.3 Å². The van der Waals surface area contributed by atoms with Gasteiger partial charge >= 0.3 is 0 Å². The first-order valence-corrected chi connectivity index (χ1v) is 7.32. The van der Waals surface area contributed by atoms with Crippen LogP contribution in [0.5, 0.6) is 0 Å². The summed E-state index contributed by atoms with van der Waals surface area (Å²) < 4.78 is 22.1. The van der Waals surface area contributed by atoms with Crippen molar-refractivity contribution < 1.29 is 13.2 Å². The number of hydrogen-bond acceptors (Lipinski definition) is 3. The summed E-state index contributed by atoms with van der Waals surface area (Å²) in [7, 11) is 1.39. The summed E-state index contributed by atoms with van der Waals surface area (Å²) in [4.78, 5) is 11.7. The molecule has 1 amide bonds. The van der Waals surface area contributed by atoms with Gasteiger partial charge in [0.15, 0.2) is 0 Å². The second-order valence-electron chi connectivity index (χ2n) is 4.19. The molecule has 1 aromatic rings. The van der Waals surface area contributed by atoms with E-state index in [4.69, 9.17) is 17.1 Å². The number of nitrogens with one attached hydrogen (secondary N) is 1. The van der Waals surface area contributed by atoms with Gasteiger partial charge in [0, 0.05) is 16.2 Å². The third kappa shape index (κ3) is 3.76. The van der Waals surface area contributed by atoms with E-state index in [9.17, 15) is 13.2 Å². The lowest BCUT2D eigenvalue weighted by molar-refractivity contribution is 0.0930. The van der Waals surface area contributed by atoms with Crippen LogP contribution in [0.3, 0.4) is 0 Å². The van der Waals surface area contributed by atoms with E-state index in [2.05, 4.69) is 11.2 Å². The Balaban J connectivity index is 2.94. The standard InChI is InChI=1S/C12H12ClNO3S/c1-4-12(2,3)14-11(15)9-5-7-10(8-6-9)18(13,16)17/h1,5-8H,2-3H3,(H,14,15). The molecule has 0 heterocycles. The van der Waals surface area contributed by atoms with Gasteiger partial charge < -0.3 is 5.32 Å². The second-order valence-corrected chi connectivity index (χ2v) is 6.75. The molecule has 96 valence electrons. The van der Waals surface area contributed by atoms with Gasteiger partial charge in [-0.05, 0) is 38.1 Å². The molecule has 0 saturated carbocycles. The number of amides is 1. The van der Waals surface area contributed by atoms with Crippen LogP contribution in [0.1, 0.15) is 24.2 Å². The van der Waals surface area contributed by atoms with Gasteiger partial charge in [-0.2, -0.15) is 0 Å². The number of carbonyl (C=O) groups is 1. The fourth-order valence-corrected chi connectivity index (χ4v) is 1.93. The summed E-state index contributed by atoms with van der Waals surface area (Å²) >= 11 is 0. The Morgan fingerprint density at radius 3 is 2.22 bits per heavy atom. The summed E-state index contributed by atoms with van der Waals surface area (Å²) in [6.45, 7) is 3.37. The van der Waals surface area contributed by atoms with Crippen LogP contribution in [0.4, 0.5) is 0 Å². The molecule has 1 aromatic carbocycles. The Morgan fingerprint density at radius 2 is 1.83 bits per heavy atom. The van der Waals surface area contributed by atoms with Gasteiger partial charge in [0.05, 0.1) is 10.4 Å². The molecule has 4 nitrogen and oxygen atoms in total. The van der Waals surface area contributed by atoms with Crippen LogP contribution in [0.15, 0.2) is 29.2 Å². The fraction of sp³-hybridized carbons (Fsp3) is 0.250. The van der Waals surface area contributed by atoms with Crippen LogP contribution in [0.2, 0.25) is 0 Å². The SMILES string of the molecule is C#CC(C)(C)NC(=O)c1ccc(S(=O)(=O)Cl)cc1.